The fraction of sp³-hybridized carbons (Fsp3) is 1.00. The Morgan fingerprint density at radius 3 is 2.18 bits per heavy atom. The van der Waals surface area contributed by atoms with Crippen molar-refractivity contribution in [3.63, 3.8) is 0 Å². The topological polar surface area (TPSA) is 50.1 Å². The van der Waals surface area contributed by atoms with E-state index in [0.29, 0.717) is 0 Å². The van der Waals surface area contributed by atoms with E-state index < -0.39 is 8.24 Å². The summed E-state index contributed by atoms with van der Waals surface area (Å²) >= 11 is 0. The van der Waals surface area contributed by atoms with Gasteiger partial charge in [-0.05, 0) is 0 Å². The summed E-state index contributed by atoms with van der Waals surface area (Å²) < 4.78 is 0. The zero-order valence-corrected chi connectivity index (χ0v) is 8.91. The zero-order chi connectivity index (χ0) is 8.74. The molecule has 0 aromatic carbocycles. The van der Waals surface area contributed by atoms with E-state index >= 15 is 0 Å². The summed E-state index contributed by atoms with van der Waals surface area (Å²) in [7, 11) is -1.04. The van der Waals surface area contributed by atoms with E-state index in [-0.39, 0.29) is 0 Å². The summed E-state index contributed by atoms with van der Waals surface area (Å²) in [5, 5.41) is 3.24. The van der Waals surface area contributed by atoms with Crippen molar-refractivity contribution in [2.75, 3.05) is 26.2 Å². The third kappa shape index (κ3) is 10.1. The van der Waals surface area contributed by atoms with Crippen LogP contribution in [0.5, 0.6) is 0 Å². The first-order valence-corrected chi connectivity index (χ1v) is 7.72. The number of nitrogens with one attached hydrogen (secondary N) is 2. The molecule has 0 saturated heterocycles. The molecular formula is C7H21N3Si. The van der Waals surface area contributed by atoms with Crippen LogP contribution < -0.4 is 16.0 Å². The maximum Gasteiger partial charge on any atom is 0.116 e. The van der Waals surface area contributed by atoms with Crippen LogP contribution in [0.25, 0.3) is 0 Å². The molecule has 0 rings (SSSR count). The number of hydrogen-bond donors (Lipinski definition) is 3. The second kappa shape index (κ2) is 5.71. The lowest BCUT2D eigenvalue weighted by atomic mass is 10.6. The molecule has 0 aliphatic carbocycles. The Morgan fingerprint density at radius 2 is 1.73 bits per heavy atom. The van der Waals surface area contributed by atoms with Gasteiger partial charge in [-0.2, -0.15) is 0 Å². The van der Waals surface area contributed by atoms with E-state index in [2.05, 4.69) is 29.9 Å². The molecule has 0 fully saturated rings. The van der Waals surface area contributed by atoms with Crippen molar-refractivity contribution in [1.29, 1.82) is 0 Å². The zero-order valence-electron chi connectivity index (χ0n) is 7.91. The molecule has 0 spiro atoms. The third-order valence-electron chi connectivity index (χ3n) is 1.28. The molecule has 0 aliphatic heterocycles. The standard InChI is InChI=1S/C7H21N3Si/c1-11(2,3)10-7-6-9-5-4-8/h9-10H,4-8H2,1-3H3. The van der Waals surface area contributed by atoms with Crippen LogP contribution in [0.2, 0.25) is 19.6 Å². The molecule has 0 heterocycles. The van der Waals surface area contributed by atoms with Crippen molar-refractivity contribution in [3.05, 3.63) is 0 Å². The van der Waals surface area contributed by atoms with E-state index in [1.807, 2.05) is 0 Å². The fourth-order valence-corrected chi connectivity index (χ4v) is 1.63. The number of hydrogen-bond acceptors (Lipinski definition) is 3. The molecule has 0 aromatic rings. The highest BCUT2D eigenvalue weighted by Gasteiger charge is 2.10. The van der Waals surface area contributed by atoms with Crippen molar-refractivity contribution in [2.24, 2.45) is 5.73 Å². The second-order valence-electron chi connectivity index (χ2n) is 3.72. The summed E-state index contributed by atoms with van der Waals surface area (Å²) in [5.74, 6) is 0. The van der Waals surface area contributed by atoms with Gasteiger partial charge in [-0.1, -0.05) is 19.6 Å². The van der Waals surface area contributed by atoms with Gasteiger partial charge in [0.25, 0.3) is 0 Å². The molecule has 3 nitrogen and oxygen atoms in total. The van der Waals surface area contributed by atoms with Crippen LogP contribution in [-0.4, -0.2) is 34.4 Å². The Labute approximate surface area is 70.8 Å². The Balaban J connectivity index is 3.02. The van der Waals surface area contributed by atoms with E-state index in [1.54, 1.807) is 0 Å². The van der Waals surface area contributed by atoms with Crippen LogP contribution in [-0.2, 0) is 0 Å². The Morgan fingerprint density at radius 1 is 1.09 bits per heavy atom. The summed E-state index contributed by atoms with van der Waals surface area (Å²) in [6, 6.07) is 0. The first kappa shape index (κ1) is 11.1. The largest absolute Gasteiger partial charge is 0.336 e. The van der Waals surface area contributed by atoms with Gasteiger partial charge in [0.1, 0.15) is 8.24 Å². The quantitative estimate of drug-likeness (QED) is 0.392. The monoisotopic (exact) mass is 175 g/mol. The van der Waals surface area contributed by atoms with E-state index in [4.69, 9.17) is 5.73 Å². The van der Waals surface area contributed by atoms with Gasteiger partial charge in [0.2, 0.25) is 0 Å². The van der Waals surface area contributed by atoms with Crippen LogP contribution in [0.1, 0.15) is 0 Å². The Kier molecular flexibility index (Phi) is 5.76. The van der Waals surface area contributed by atoms with Crippen molar-refractivity contribution in [1.82, 2.24) is 10.3 Å². The predicted octanol–water partition coefficient (Wildman–Crippen LogP) is -0.0408. The van der Waals surface area contributed by atoms with E-state index in [1.165, 1.54) is 0 Å². The normalized spacial score (nSPS) is 12.0. The van der Waals surface area contributed by atoms with Gasteiger partial charge in [-0.15, -0.1) is 0 Å². The lowest BCUT2D eigenvalue weighted by Crippen LogP contribution is -2.44. The fourth-order valence-electron chi connectivity index (χ4n) is 0.753. The van der Waals surface area contributed by atoms with Gasteiger partial charge in [0.05, 0.1) is 0 Å². The van der Waals surface area contributed by atoms with Gasteiger partial charge in [-0.3, -0.25) is 0 Å². The highest BCUT2D eigenvalue weighted by Crippen LogP contribution is 1.91. The van der Waals surface area contributed by atoms with Crippen LogP contribution in [0, 0.1) is 0 Å². The molecule has 0 unspecified atom stereocenters. The van der Waals surface area contributed by atoms with Crippen LogP contribution in [0.4, 0.5) is 0 Å². The van der Waals surface area contributed by atoms with Gasteiger partial charge in [0.15, 0.2) is 0 Å². The minimum absolute atomic E-state index is 0.729. The van der Waals surface area contributed by atoms with Crippen molar-refractivity contribution >= 4 is 8.24 Å². The second-order valence-corrected chi connectivity index (χ2v) is 8.57. The lowest BCUT2D eigenvalue weighted by Gasteiger charge is -2.17. The van der Waals surface area contributed by atoms with Crippen molar-refractivity contribution < 1.29 is 0 Å². The molecule has 0 atom stereocenters. The van der Waals surface area contributed by atoms with Gasteiger partial charge in [0, 0.05) is 26.2 Å². The minimum Gasteiger partial charge on any atom is -0.336 e. The van der Waals surface area contributed by atoms with Gasteiger partial charge < -0.3 is 16.0 Å². The first-order valence-electron chi connectivity index (χ1n) is 4.22. The molecule has 0 aliphatic rings. The Bertz CT molecular complexity index is 90.2. The van der Waals surface area contributed by atoms with Gasteiger partial charge >= 0.3 is 0 Å². The SMILES string of the molecule is C[Si](C)(C)NCCNCCN. The average Bonchev–Trinajstić information content (AvgIpc) is 1.85. The summed E-state index contributed by atoms with van der Waals surface area (Å²) in [4.78, 5) is 3.52. The molecule has 4 heteroatoms. The molecule has 0 radical (unpaired) electrons. The molecular weight excluding hydrogens is 154 g/mol. The highest BCUT2D eigenvalue weighted by atomic mass is 28.3. The molecule has 0 saturated carbocycles. The maximum absolute atomic E-state index is 5.32. The van der Waals surface area contributed by atoms with Crippen LogP contribution in [0.3, 0.4) is 0 Å². The molecule has 68 valence electrons. The smallest absolute Gasteiger partial charge is 0.116 e. The first-order chi connectivity index (χ1) is 5.06. The maximum atomic E-state index is 5.32. The molecule has 4 N–H and O–H groups in total. The summed E-state index contributed by atoms with van der Waals surface area (Å²) in [5.41, 5.74) is 5.32. The highest BCUT2D eigenvalue weighted by molar-refractivity contribution is 6.73. The van der Waals surface area contributed by atoms with Gasteiger partial charge in [-0.25, -0.2) is 0 Å². The molecule has 11 heavy (non-hydrogen) atoms. The molecule has 0 aromatic heterocycles. The van der Waals surface area contributed by atoms with E-state index in [0.717, 1.165) is 26.2 Å². The molecule has 0 bridgehead atoms. The molecule has 0 amide bonds. The number of nitrogens with two attached hydrogens (primary N) is 1. The Hall–Kier alpha value is 0.0969. The van der Waals surface area contributed by atoms with E-state index in [9.17, 15) is 0 Å². The lowest BCUT2D eigenvalue weighted by molar-refractivity contribution is 0.675. The minimum atomic E-state index is -1.04. The van der Waals surface area contributed by atoms with Crippen LogP contribution >= 0.6 is 0 Å². The predicted molar refractivity (Wildman–Crippen MR) is 53.3 cm³/mol. The average molecular weight is 175 g/mol. The third-order valence-corrected chi connectivity index (χ3v) is 2.59. The summed E-state index contributed by atoms with van der Waals surface area (Å²) in [6.45, 7) is 10.7. The van der Waals surface area contributed by atoms with Crippen molar-refractivity contribution in [2.45, 2.75) is 19.6 Å². The van der Waals surface area contributed by atoms with Crippen LogP contribution in [0.15, 0.2) is 0 Å². The van der Waals surface area contributed by atoms with Crippen molar-refractivity contribution in [3.8, 4) is 0 Å². The summed E-state index contributed by atoms with van der Waals surface area (Å²) in [6.07, 6.45) is 0. The number of rotatable bonds is 6.